The third-order valence-electron chi connectivity index (χ3n) is 2.84. The molecule has 0 aliphatic rings. The van der Waals surface area contributed by atoms with Gasteiger partial charge in [-0.2, -0.15) is 0 Å². The van der Waals surface area contributed by atoms with E-state index in [1.54, 1.807) is 18.9 Å². The monoisotopic (exact) mass is 249 g/mol. The van der Waals surface area contributed by atoms with Gasteiger partial charge in [0.05, 0.1) is 0 Å². The van der Waals surface area contributed by atoms with Crippen LogP contribution in [0.4, 0.5) is 5.69 Å². The molecule has 4 heteroatoms. The van der Waals surface area contributed by atoms with Crippen molar-refractivity contribution in [2.45, 2.75) is 26.7 Å². The molecule has 1 atom stereocenters. The average Bonchev–Trinajstić information content (AvgIpc) is 2.27. The largest absolute Gasteiger partial charge is 0.481 e. The minimum absolute atomic E-state index is 0.0213. The summed E-state index contributed by atoms with van der Waals surface area (Å²) in [5.74, 6) is -1.08. The molecule has 98 valence electrons. The predicted molar refractivity (Wildman–Crippen MR) is 70.6 cm³/mol. The molecule has 0 aliphatic carbocycles. The number of carboxylic acids is 1. The molecule has 4 nitrogen and oxygen atoms in total. The fraction of sp³-hybridized carbons (Fsp3) is 0.429. The number of rotatable bonds is 5. The van der Waals surface area contributed by atoms with Gasteiger partial charge >= 0.3 is 5.97 Å². The van der Waals surface area contributed by atoms with Gasteiger partial charge < -0.3 is 10.0 Å². The molecule has 1 aromatic carbocycles. The van der Waals surface area contributed by atoms with Crippen molar-refractivity contribution in [3.63, 3.8) is 0 Å². The normalized spacial score (nSPS) is 11.9. The molecule has 1 N–H and O–H groups in total. The van der Waals surface area contributed by atoms with Crippen LogP contribution in [0.15, 0.2) is 24.3 Å². The first-order valence-electron chi connectivity index (χ1n) is 5.95. The molecule has 0 saturated carbocycles. The van der Waals surface area contributed by atoms with Gasteiger partial charge in [0.25, 0.3) is 0 Å². The number of nitrogens with zero attached hydrogens (tertiary/aromatic N) is 1. The van der Waals surface area contributed by atoms with E-state index in [2.05, 4.69) is 0 Å². The van der Waals surface area contributed by atoms with Crippen LogP contribution in [-0.2, 0) is 9.59 Å². The fourth-order valence-electron chi connectivity index (χ4n) is 1.72. The zero-order valence-electron chi connectivity index (χ0n) is 11.0. The van der Waals surface area contributed by atoms with Crippen LogP contribution in [0.1, 0.15) is 25.3 Å². The van der Waals surface area contributed by atoms with Gasteiger partial charge in [-0.1, -0.05) is 24.6 Å². The molecule has 1 unspecified atom stereocenters. The lowest BCUT2D eigenvalue weighted by Crippen LogP contribution is -2.28. The lowest BCUT2D eigenvalue weighted by molar-refractivity contribution is -0.138. The van der Waals surface area contributed by atoms with E-state index in [0.717, 1.165) is 11.3 Å². The Balaban J connectivity index is 2.61. The van der Waals surface area contributed by atoms with Gasteiger partial charge in [-0.05, 0) is 25.0 Å². The predicted octanol–water partition coefficient (Wildman–Crippen LogP) is 2.46. The Bertz CT molecular complexity index is 425. The number of carbonyl (C=O) groups is 2. The van der Waals surface area contributed by atoms with Crippen molar-refractivity contribution < 1.29 is 14.7 Å². The van der Waals surface area contributed by atoms with E-state index in [9.17, 15) is 9.59 Å². The molecule has 0 aliphatic heterocycles. The van der Waals surface area contributed by atoms with Crippen LogP contribution >= 0.6 is 0 Å². The second kappa shape index (κ2) is 6.19. The Morgan fingerprint density at radius 3 is 2.28 bits per heavy atom. The highest BCUT2D eigenvalue weighted by molar-refractivity contribution is 5.93. The molecule has 1 aromatic rings. The lowest BCUT2D eigenvalue weighted by Gasteiger charge is -2.19. The number of carbonyl (C=O) groups excluding carboxylic acids is 1. The topological polar surface area (TPSA) is 57.6 Å². The maximum atomic E-state index is 12.0. The number of aryl methyl sites for hydroxylation is 1. The van der Waals surface area contributed by atoms with Crippen molar-refractivity contribution in [2.24, 2.45) is 5.92 Å². The summed E-state index contributed by atoms with van der Waals surface area (Å²) in [5, 5.41) is 8.66. The minimum Gasteiger partial charge on any atom is -0.481 e. The van der Waals surface area contributed by atoms with Crippen LogP contribution in [0.2, 0.25) is 0 Å². The molecule has 1 amide bonds. The summed E-state index contributed by atoms with van der Waals surface area (Å²) < 4.78 is 0. The third-order valence-corrected chi connectivity index (χ3v) is 2.84. The van der Waals surface area contributed by atoms with Crippen molar-refractivity contribution in [2.75, 3.05) is 11.9 Å². The summed E-state index contributed by atoms with van der Waals surface area (Å²) in [7, 11) is 1.71. The van der Waals surface area contributed by atoms with Crippen molar-refractivity contribution in [1.82, 2.24) is 0 Å². The highest BCUT2D eigenvalue weighted by Gasteiger charge is 2.16. The van der Waals surface area contributed by atoms with Crippen molar-refractivity contribution in [3.05, 3.63) is 29.8 Å². The Hall–Kier alpha value is -1.84. The molecule has 0 saturated heterocycles. The van der Waals surface area contributed by atoms with Crippen LogP contribution in [0.25, 0.3) is 0 Å². The third kappa shape index (κ3) is 4.20. The van der Waals surface area contributed by atoms with Crippen LogP contribution in [0, 0.1) is 12.8 Å². The molecule has 0 fully saturated rings. The number of hydrogen-bond donors (Lipinski definition) is 1. The second-order valence-electron chi connectivity index (χ2n) is 4.70. The Morgan fingerprint density at radius 2 is 1.78 bits per heavy atom. The van der Waals surface area contributed by atoms with E-state index in [4.69, 9.17) is 5.11 Å². The first-order chi connectivity index (χ1) is 8.40. The number of aliphatic carboxylic acids is 1. The number of carboxylic acid groups (broad SMARTS) is 1. The summed E-state index contributed by atoms with van der Waals surface area (Å²) in [5.41, 5.74) is 1.96. The quantitative estimate of drug-likeness (QED) is 0.872. The van der Waals surface area contributed by atoms with Crippen molar-refractivity contribution >= 4 is 17.6 Å². The van der Waals surface area contributed by atoms with Crippen LogP contribution < -0.4 is 4.90 Å². The molecule has 1 rings (SSSR count). The van der Waals surface area contributed by atoms with Crippen LogP contribution in [0.3, 0.4) is 0 Å². The second-order valence-corrected chi connectivity index (χ2v) is 4.70. The molecule has 0 heterocycles. The first-order valence-corrected chi connectivity index (χ1v) is 5.95. The summed E-state index contributed by atoms with van der Waals surface area (Å²) in [4.78, 5) is 24.1. The van der Waals surface area contributed by atoms with Gasteiger partial charge in [-0.15, -0.1) is 0 Å². The van der Waals surface area contributed by atoms with E-state index in [1.165, 1.54) is 0 Å². The van der Waals surface area contributed by atoms with Gasteiger partial charge in [0.2, 0.25) is 5.91 Å². The van der Waals surface area contributed by atoms with Gasteiger partial charge in [0.15, 0.2) is 0 Å². The molecule has 0 aromatic heterocycles. The van der Waals surface area contributed by atoms with Gasteiger partial charge in [-0.25, -0.2) is 0 Å². The van der Waals surface area contributed by atoms with E-state index in [-0.39, 0.29) is 24.7 Å². The molecule has 18 heavy (non-hydrogen) atoms. The van der Waals surface area contributed by atoms with Crippen molar-refractivity contribution in [3.8, 4) is 0 Å². The molecular formula is C14H19NO3. The van der Waals surface area contributed by atoms with E-state index in [0.29, 0.717) is 0 Å². The highest BCUT2D eigenvalue weighted by atomic mass is 16.4. The van der Waals surface area contributed by atoms with E-state index < -0.39 is 5.97 Å². The standard InChI is InChI=1S/C14H19NO3/c1-10-4-6-12(7-5-10)15(3)13(16)8-11(2)9-14(17)18/h4-7,11H,8-9H2,1-3H3,(H,17,18). The summed E-state index contributed by atoms with van der Waals surface area (Å²) in [6.07, 6.45) is 0.268. The average molecular weight is 249 g/mol. The SMILES string of the molecule is Cc1ccc(N(C)C(=O)CC(C)CC(=O)O)cc1. The molecule has 0 bridgehead atoms. The number of anilines is 1. The molecule has 0 radical (unpaired) electrons. The fourth-order valence-corrected chi connectivity index (χ4v) is 1.72. The maximum Gasteiger partial charge on any atom is 0.303 e. The number of amides is 1. The van der Waals surface area contributed by atoms with Gasteiger partial charge in [-0.3, -0.25) is 9.59 Å². The summed E-state index contributed by atoms with van der Waals surface area (Å²) in [6, 6.07) is 7.66. The van der Waals surface area contributed by atoms with E-state index in [1.807, 2.05) is 31.2 Å². The van der Waals surface area contributed by atoms with Crippen molar-refractivity contribution in [1.29, 1.82) is 0 Å². The molecular weight excluding hydrogens is 230 g/mol. The van der Waals surface area contributed by atoms with E-state index >= 15 is 0 Å². The first kappa shape index (κ1) is 14.2. The smallest absolute Gasteiger partial charge is 0.303 e. The Labute approximate surface area is 107 Å². The Kier molecular flexibility index (Phi) is 4.89. The van der Waals surface area contributed by atoms with Gasteiger partial charge in [0.1, 0.15) is 0 Å². The zero-order valence-corrected chi connectivity index (χ0v) is 11.0. The number of benzene rings is 1. The summed E-state index contributed by atoms with van der Waals surface area (Å²) >= 11 is 0. The zero-order chi connectivity index (χ0) is 13.7. The minimum atomic E-state index is -0.867. The maximum absolute atomic E-state index is 12.0. The lowest BCUT2D eigenvalue weighted by atomic mass is 10.0. The number of hydrogen-bond acceptors (Lipinski definition) is 2. The summed E-state index contributed by atoms with van der Waals surface area (Å²) in [6.45, 7) is 3.76. The van der Waals surface area contributed by atoms with Crippen LogP contribution in [-0.4, -0.2) is 24.0 Å². The Morgan fingerprint density at radius 1 is 1.22 bits per heavy atom. The van der Waals surface area contributed by atoms with Crippen LogP contribution in [0.5, 0.6) is 0 Å². The van der Waals surface area contributed by atoms with Gasteiger partial charge in [0, 0.05) is 25.6 Å². The molecule has 0 spiro atoms. The highest BCUT2D eigenvalue weighted by Crippen LogP contribution is 2.17.